The Balaban J connectivity index is 0.00000125. The summed E-state index contributed by atoms with van der Waals surface area (Å²) in [6, 6.07) is 12.5. The molecular weight excluding hydrogens is 1570 g/mol. The molecule has 30 heteroatoms. The molecule has 23 nitrogen and oxygen atoms in total. The number of aliphatic carboxylic acids is 2. The fraction of sp³-hybridized carbons (Fsp3) is 0.586. The van der Waals surface area contributed by atoms with Crippen molar-refractivity contribution in [2.45, 2.75) is 146 Å². The zero-order chi connectivity index (χ0) is 63.4. The van der Waals surface area contributed by atoms with E-state index in [2.05, 4.69) is 90.3 Å². The van der Waals surface area contributed by atoms with Crippen LogP contribution in [-0.2, 0) is 84.8 Å². The summed E-state index contributed by atoms with van der Waals surface area (Å²) in [6.45, 7) is 23.0. The Morgan fingerprint density at radius 1 is 0.716 bits per heavy atom. The molecule has 6 amide bonds. The van der Waals surface area contributed by atoms with Crippen molar-refractivity contribution in [3.8, 4) is 12.3 Å². The molecule has 3 radical (unpaired) electrons. The summed E-state index contributed by atoms with van der Waals surface area (Å²) in [6.07, 6.45) is 18.6. The van der Waals surface area contributed by atoms with Crippen LogP contribution in [0.25, 0.3) is 16.0 Å². The van der Waals surface area contributed by atoms with Gasteiger partial charge in [0.15, 0.2) is 11.6 Å². The summed E-state index contributed by atoms with van der Waals surface area (Å²) in [4.78, 5) is 104. The van der Waals surface area contributed by atoms with Crippen LogP contribution >= 0.6 is 39.4 Å². The Kier molecular flexibility index (Phi) is 40.1. The van der Waals surface area contributed by atoms with Crippen LogP contribution in [0.15, 0.2) is 60.7 Å². The number of terminal acetylenes is 1. The number of β-lactam (4-membered cyclic amide) rings is 2. The third-order valence-corrected chi connectivity index (χ3v) is 23.2. The van der Waals surface area contributed by atoms with Crippen molar-refractivity contribution in [3.05, 3.63) is 99.7 Å². The normalized spacial score (nSPS) is 20.5. The first-order valence-corrected chi connectivity index (χ1v) is 33.9. The Bertz CT molecular complexity index is 2700. The van der Waals surface area contributed by atoms with Crippen LogP contribution in [0.4, 0.5) is 9.59 Å². The maximum absolute atomic E-state index is 13.3. The fourth-order valence-electron chi connectivity index (χ4n) is 10.0. The smallest absolute Gasteiger partial charge is 0.480 e. The number of thioether (sulfide) groups is 2. The number of aromatic amines is 1. The van der Waals surface area contributed by atoms with E-state index in [9.17, 15) is 48.6 Å². The molecule has 7 N–H and O–H groups in total. The molecule has 8 atom stereocenters. The quantitative estimate of drug-likeness (QED) is 0.00767. The maximum atomic E-state index is 13.3. The van der Waals surface area contributed by atoms with Gasteiger partial charge in [0.05, 0.1) is 29.1 Å². The second kappa shape index (κ2) is 42.4. The summed E-state index contributed by atoms with van der Waals surface area (Å²) < 4.78 is 3.62. The van der Waals surface area contributed by atoms with Gasteiger partial charge in [-0.05, 0) is 88.6 Å². The van der Waals surface area contributed by atoms with Crippen LogP contribution < -0.4 is 21.3 Å². The number of urea groups is 2. The molecule has 489 valence electrons. The number of carboxylic acid groups (broad SMARTS) is 2. The zero-order valence-electron chi connectivity index (χ0n) is 51.5. The molecule has 5 aliphatic heterocycles. The molecule has 5 fully saturated rings. The van der Waals surface area contributed by atoms with Crippen molar-refractivity contribution >= 4 is 95.2 Å². The predicted molar refractivity (Wildman–Crippen MR) is 341 cm³/mol. The van der Waals surface area contributed by atoms with E-state index >= 15 is 0 Å². The van der Waals surface area contributed by atoms with E-state index in [4.69, 9.17) is 22.2 Å². The number of amides is 6. The number of ketones is 2. The van der Waals surface area contributed by atoms with Gasteiger partial charge >= 0.3 is 68.8 Å². The number of H-pyrrole nitrogens is 1. The van der Waals surface area contributed by atoms with Gasteiger partial charge in [-0.3, -0.25) is 29.2 Å². The second-order valence-corrected chi connectivity index (χ2v) is 30.9. The van der Waals surface area contributed by atoms with Gasteiger partial charge in [0, 0.05) is 50.5 Å². The molecule has 5 saturated heterocycles. The average Bonchev–Trinajstić information content (AvgIpc) is 1.65. The van der Waals surface area contributed by atoms with Crippen LogP contribution in [0.3, 0.4) is 0 Å². The molecule has 1 aromatic heterocycles. The number of hydrogen-bond donors (Lipinski definition) is 7. The summed E-state index contributed by atoms with van der Waals surface area (Å²) in [5.41, 5.74) is 15.1. The van der Waals surface area contributed by atoms with Gasteiger partial charge in [-0.25, -0.2) is 19.2 Å². The molecular formula is C58H84Au2BN12O11P2S2. The molecule has 0 aliphatic carbocycles. The summed E-state index contributed by atoms with van der Waals surface area (Å²) in [7, 11) is 0.892. The van der Waals surface area contributed by atoms with Crippen LogP contribution in [-0.4, -0.2) is 180 Å². The van der Waals surface area contributed by atoms with Gasteiger partial charge in [-0.1, -0.05) is 108 Å². The molecule has 0 spiro atoms. The Labute approximate surface area is 562 Å². The third kappa shape index (κ3) is 24.5. The van der Waals surface area contributed by atoms with E-state index < -0.39 is 69.5 Å². The number of nitrogens with zero attached hydrogens (tertiary/aromatic N) is 7. The first-order valence-electron chi connectivity index (χ1n) is 28.4. The van der Waals surface area contributed by atoms with Crippen LogP contribution in [0, 0.1) is 30.4 Å². The van der Waals surface area contributed by atoms with Crippen molar-refractivity contribution in [2.75, 3.05) is 56.7 Å². The number of Topliss-reactive ketones (excluding diaryl/α,β-unsaturated/α-hetero) is 2. The van der Waals surface area contributed by atoms with E-state index in [1.165, 1.54) is 88.0 Å². The minimum absolute atomic E-state index is 0. The summed E-state index contributed by atoms with van der Waals surface area (Å²) in [5.74, 6) is -2.43. The number of nitrogens with one attached hydrogen (secondary N) is 5. The largest absolute Gasteiger partial charge is 1.00 e. The summed E-state index contributed by atoms with van der Waals surface area (Å²) in [5, 5.41) is 38.3. The van der Waals surface area contributed by atoms with Gasteiger partial charge in [0.25, 0.3) is 0 Å². The van der Waals surface area contributed by atoms with Gasteiger partial charge in [-0.15, -0.1) is 56.7 Å². The molecule has 3 aromatic rings. The van der Waals surface area contributed by atoms with Crippen molar-refractivity contribution in [3.63, 3.8) is 0 Å². The van der Waals surface area contributed by atoms with Crippen LogP contribution in [0.5, 0.6) is 0 Å². The Morgan fingerprint density at radius 2 is 1.08 bits per heavy atom. The van der Waals surface area contributed by atoms with E-state index in [1.54, 1.807) is 88.4 Å². The zero-order valence-corrected chi connectivity index (χ0v) is 59.2. The summed E-state index contributed by atoms with van der Waals surface area (Å²) >= 11 is 2.78. The number of benzene rings is 2. The molecule has 0 bridgehead atoms. The van der Waals surface area contributed by atoms with Gasteiger partial charge in [0.1, 0.15) is 24.2 Å². The van der Waals surface area contributed by atoms with Crippen molar-refractivity contribution in [1.82, 2.24) is 46.5 Å². The van der Waals surface area contributed by atoms with Crippen molar-refractivity contribution < 1.29 is 98.1 Å². The van der Waals surface area contributed by atoms with Crippen LogP contribution in [0.1, 0.15) is 124 Å². The van der Waals surface area contributed by atoms with Crippen molar-refractivity contribution in [1.29, 1.82) is 0 Å². The SMILES string of the molecule is C#CCNC(=O)N[C@@H](C(=O)C[C@@H]1C(=O)N2[C@@H]1SC(C)(C)[C@@H]2C(=O)O)c1ccccc1.C1CCOC1.CC1(C)S[C@@H]2[C@H](CC(=O)[C@H](NC(=O)NCc3[c-]nn[nH]3)c3ccccc3)C(=O)N2[C@H]1C(=O)O.CCP(CC)CC.CCP(CC)CC.[Au+].[Au+].[B].[N-]=[N+]=[N-]. The molecule has 5 aliphatic rings. The van der Waals surface area contributed by atoms with Crippen molar-refractivity contribution in [2.24, 2.45) is 11.8 Å². The van der Waals surface area contributed by atoms with E-state index in [-0.39, 0.29) is 113 Å². The number of carbonyl (C=O) groups is 8. The van der Waals surface area contributed by atoms with Gasteiger partial charge in [0.2, 0.25) is 11.8 Å². The Hall–Kier alpha value is -4.72. The van der Waals surface area contributed by atoms with E-state index in [0.717, 1.165) is 13.2 Å². The number of hydrogen-bond acceptors (Lipinski definition) is 13. The number of aromatic nitrogens is 3. The van der Waals surface area contributed by atoms with Crippen LogP contribution in [0.2, 0.25) is 0 Å². The van der Waals surface area contributed by atoms with E-state index in [1.807, 2.05) is 0 Å². The average molecular weight is 1660 g/mol. The minimum Gasteiger partial charge on any atom is -0.480 e. The van der Waals surface area contributed by atoms with Gasteiger partial charge < -0.3 is 68.4 Å². The monoisotopic (exact) mass is 1660 g/mol. The standard InChI is InChI=1S/C21H23N6O5S.C21H23N3O5S.2C6H15P.C4H8O.2Au.B.N3/c1-21(2)16(19(30)31)27-17(29)13(18(27)33-21)8-14(28)15(11-6-4-3-5-7-11)24-20(32)22-9-12-10-23-26-25-12;1-4-10-22-20(29)23-15(12-8-6-5-7-9-12)14(25)11-13-17(26)24-16(19(27)28)21(2,3)30-18(13)24;2*1-4-7(5-2)6-3;1-2-4-5-3-1;;;;1-3-2/h3-7,13,15-16,18H,8-9H2,1-2H3,(H,30,31)(H2,22,24,32)(H,23,25,26);1,5-9,13,15-16,18H,10-11H2,2-3H3,(H,27,28)(H2,22,23,29);2*4-6H2,1-3H3;1-4H2;;;;/q-1;;;;;2*+1;;-1/t2*13-,15-,16+,18-;;;;;;;/m11......./s1. The Morgan fingerprint density at radius 3 is 1.36 bits per heavy atom. The minimum atomic E-state index is -1.06. The maximum Gasteiger partial charge on any atom is 1.00 e. The first kappa shape index (κ1) is 83.3. The first-order chi connectivity index (χ1) is 40.5. The fourth-order valence-corrected chi connectivity index (χ4v) is 16.1. The number of fused-ring (bicyclic) bond motifs is 2. The molecule has 8 rings (SSSR count). The molecule has 0 saturated carbocycles. The van der Waals surface area contributed by atoms with Gasteiger partial charge in [-0.2, -0.15) is 0 Å². The predicted octanol–water partition coefficient (Wildman–Crippen LogP) is 8.58. The molecule has 6 heterocycles. The number of rotatable bonds is 21. The topological polar surface area (TPSA) is 341 Å². The molecule has 88 heavy (non-hydrogen) atoms. The molecule has 0 unspecified atom stereocenters. The van der Waals surface area contributed by atoms with E-state index in [0.29, 0.717) is 32.7 Å². The third-order valence-electron chi connectivity index (χ3n) is 14.6. The number of ether oxygens (including phenoxy) is 1. The number of carboxylic acids is 2. The second-order valence-electron chi connectivity index (χ2n) is 20.8. The molecule has 2 aromatic carbocycles. The number of carbonyl (C=O) groups excluding carboxylic acids is 6.